The lowest BCUT2D eigenvalue weighted by Crippen LogP contribution is -2.48. The summed E-state index contributed by atoms with van der Waals surface area (Å²) in [5.41, 5.74) is 3.37. The van der Waals surface area contributed by atoms with Crippen LogP contribution in [0.4, 0.5) is 0 Å². The maximum atomic E-state index is 11.0. The fraction of sp³-hybridized carbons (Fsp3) is 0.286. The van der Waals surface area contributed by atoms with Crippen molar-refractivity contribution < 1.29 is 5.11 Å². The smallest absolute Gasteiger partial charge is 0.0845 e. The lowest BCUT2D eigenvalue weighted by molar-refractivity contribution is 0.0688. The van der Waals surface area contributed by atoms with Crippen LogP contribution >= 0.6 is 23.2 Å². The highest BCUT2D eigenvalue weighted by Gasteiger charge is 2.20. The van der Waals surface area contributed by atoms with E-state index in [9.17, 15) is 5.11 Å². The number of hydrogen-bond donors (Lipinski definition) is 1. The van der Waals surface area contributed by atoms with E-state index in [4.69, 9.17) is 23.2 Å². The molecule has 2 heterocycles. The van der Waals surface area contributed by atoms with Crippen molar-refractivity contribution in [3.05, 3.63) is 88.4 Å². The van der Waals surface area contributed by atoms with Gasteiger partial charge in [0.1, 0.15) is 0 Å². The normalized spacial score (nSPS) is 16.7. The van der Waals surface area contributed by atoms with Crippen LogP contribution in [-0.2, 0) is 6.54 Å². The second-order valence-corrected chi connectivity index (χ2v) is 9.87. The highest BCUT2D eigenvalue weighted by molar-refractivity contribution is 6.33. The third-order valence-electron chi connectivity index (χ3n) is 6.59. The van der Waals surface area contributed by atoms with Crippen LogP contribution in [-0.4, -0.2) is 64.8 Å². The van der Waals surface area contributed by atoms with E-state index in [-0.39, 0.29) is 0 Å². The van der Waals surface area contributed by atoms with E-state index in [0.717, 1.165) is 54.5 Å². The van der Waals surface area contributed by atoms with Gasteiger partial charge in [0, 0.05) is 71.1 Å². The van der Waals surface area contributed by atoms with Gasteiger partial charge in [-0.2, -0.15) is 0 Å². The molecule has 1 atom stereocenters. The third-order valence-corrected chi connectivity index (χ3v) is 7.06. The summed E-state index contributed by atoms with van der Waals surface area (Å²) in [4.78, 5) is 4.83. The molecule has 0 bridgehead atoms. The van der Waals surface area contributed by atoms with Gasteiger partial charge in [0.05, 0.1) is 12.6 Å². The first-order chi connectivity index (χ1) is 16.6. The van der Waals surface area contributed by atoms with E-state index >= 15 is 0 Å². The van der Waals surface area contributed by atoms with E-state index < -0.39 is 6.10 Å². The minimum absolute atomic E-state index is 0.463. The molecule has 1 N–H and O–H groups in total. The summed E-state index contributed by atoms with van der Waals surface area (Å²) in [7, 11) is 0. The van der Waals surface area contributed by atoms with Gasteiger partial charge in [0.15, 0.2) is 0 Å². The standard InChI is InChI=1S/C28H29Cl2N3O/c29-22-8-10-27-25(17-22)26-18-23(30)9-11-28(26)33(27)20-24(34)19-32-15-13-31(14-16-32)12-4-7-21-5-2-1-3-6-21/h1-11,17-18,24,34H,12-16,19-20H2/b7-4+/t24-/m1/s1. The number of fused-ring (bicyclic) bond motifs is 3. The molecule has 0 unspecified atom stereocenters. The van der Waals surface area contributed by atoms with Crippen molar-refractivity contribution in [3.8, 4) is 0 Å². The van der Waals surface area contributed by atoms with Crippen molar-refractivity contribution in [3.63, 3.8) is 0 Å². The lowest BCUT2D eigenvalue weighted by atomic mass is 10.1. The van der Waals surface area contributed by atoms with E-state index in [1.165, 1.54) is 5.56 Å². The first kappa shape index (κ1) is 23.4. The Bertz CT molecular complexity index is 1230. The Morgan fingerprint density at radius 2 is 1.35 bits per heavy atom. The first-order valence-corrected chi connectivity index (χ1v) is 12.5. The number of benzene rings is 3. The van der Waals surface area contributed by atoms with Crippen molar-refractivity contribution in [1.82, 2.24) is 14.4 Å². The molecule has 1 fully saturated rings. The summed E-state index contributed by atoms with van der Waals surface area (Å²) in [6.07, 6.45) is 3.96. The van der Waals surface area contributed by atoms with Crippen LogP contribution in [0.2, 0.25) is 10.0 Å². The van der Waals surface area contributed by atoms with Crippen molar-refractivity contribution in [2.75, 3.05) is 39.3 Å². The summed E-state index contributed by atoms with van der Waals surface area (Å²) < 4.78 is 2.19. The molecule has 1 aromatic heterocycles. The van der Waals surface area contributed by atoms with Crippen LogP contribution in [0, 0.1) is 0 Å². The van der Waals surface area contributed by atoms with Crippen LogP contribution in [0.15, 0.2) is 72.8 Å². The number of aliphatic hydroxyl groups is 1. The minimum atomic E-state index is -0.463. The molecular formula is C28H29Cl2N3O. The molecule has 1 saturated heterocycles. The molecule has 3 aromatic carbocycles. The molecular weight excluding hydrogens is 465 g/mol. The Morgan fingerprint density at radius 3 is 1.97 bits per heavy atom. The summed E-state index contributed by atoms with van der Waals surface area (Å²) in [6.45, 7) is 6.11. The fourth-order valence-corrected chi connectivity index (χ4v) is 5.21. The number of piperazine rings is 1. The van der Waals surface area contributed by atoms with Crippen molar-refractivity contribution in [1.29, 1.82) is 0 Å². The summed E-state index contributed by atoms with van der Waals surface area (Å²) in [6, 6.07) is 22.2. The molecule has 176 valence electrons. The molecule has 0 saturated carbocycles. The maximum Gasteiger partial charge on any atom is 0.0845 e. The number of aliphatic hydroxyl groups excluding tert-OH is 1. The van der Waals surface area contributed by atoms with Gasteiger partial charge in [-0.15, -0.1) is 0 Å². The zero-order chi connectivity index (χ0) is 23.5. The second kappa shape index (κ2) is 10.5. The number of hydrogen-bond acceptors (Lipinski definition) is 3. The zero-order valence-corrected chi connectivity index (χ0v) is 20.6. The maximum absolute atomic E-state index is 11.0. The van der Waals surface area contributed by atoms with Crippen LogP contribution in [0.1, 0.15) is 5.56 Å². The summed E-state index contributed by atoms with van der Waals surface area (Å²) in [5, 5.41) is 14.5. The Kier molecular flexibility index (Phi) is 7.23. The van der Waals surface area contributed by atoms with E-state index in [1.807, 2.05) is 42.5 Å². The van der Waals surface area contributed by atoms with Gasteiger partial charge in [-0.1, -0.05) is 65.7 Å². The Morgan fingerprint density at radius 1 is 0.765 bits per heavy atom. The molecule has 0 aliphatic carbocycles. The lowest BCUT2D eigenvalue weighted by Gasteiger charge is -2.35. The van der Waals surface area contributed by atoms with Crippen molar-refractivity contribution >= 4 is 51.1 Å². The molecule has 4 nitrogen and oxygen atoms in total. The molecule has 6 heteroatoms. The Balaban J connectivity index is 1.20. The van der Waals surface area contributed by atoms with Gasteiger partial charge >= 0.3 is 0 Å². The van der Waals surface area contributed by atoms with Crippen molar-refractivity contribution in [2.24, 2.45) is 0 Å². The van der Waals surface area contributed by atoms with Crippen molar-refractivity contribution in [2.45, 2.75) is 12.6 Å². The van der Waals surface area contributed by atoms with Gasteiger partial charge in [0.2, 0.25) is 0 Å². The van der Waals surface area contributed by atoms with Gasteiger partial charge in [-0.05, 0) is 42.0 Å². The largest absolute Gasteiger partial charge is 0.390 e. The van der Waals surface area contributed by atoms with E-state index in [0.29, 0.717) is 23.1 Å². The zero-order valence-electron chi connectivity index (χ0n) is 19.1. The number of halogens is 2. The van der Waals surface area contributed by atoms with Crippen LogP contribution in [0.25, 0.3) is 27.9 Å². The van der Waals surface area contributed by atoms with Crippen LogP contribution in [0.5, 0.6) is 0 Å². The molecule has 34 heavy (non-hydrogen) atoms. The Labute approximate surface area is 210 Å². The summed E-state index contributed by atoms with van der Waals surface area (Å²) >= 11 is 12.5. The highest BCUT2D eigenvalue weighted by Crippen LogP contribution is 2.33. The third kappa shape index (κ3) is 5.32. The summed E-state index contributed by atoms with van der Waals surface area (Å²) in [5.74, 6) is 0. The average Bonchev–Trinajstić information content (AvgIpc) is 3.12. The van der Waals surface area contributed by atoms with Gasteiger partial charge in [-0.25, -0.2) is 0 Å². The monoisotopic (exact) mass is 493 g/mol. The molecule has 0 spiro atoms. The fourth-order valence-electron chi connectivity index (χ4n) is 4.87. The van der Waals surface area contributed by atoms with Crippen LogP contribution < -0.4 is 0 Å². The second-order valence-electron chi connectivity index (χ2n) is 9.00. The topological polar surface area (TPSA) is 31.6 Å². The molecule has 4 aromatic rings. The highest BCUT2D eigenvalue weighted by atomic mass is 35.5. The SMILES string of the molecule is O[C@H](CN1CCN(C/C=C/c2ccccc2)CC1)Cn1c2ccc(Cl)cc2c2cc(Cl)ccc21. The van der Waals surface area contributed by atoms with E-state index in [2.05, 4.69) is 50.8 Å². The molecule has 0 amide bonds. The number of nitrogens with zero attached hydrogens (tertiary/aromatic N) is 3. The molecule has 5 rings (SSSR count). The van der Waals surface area contributed by atoms with E-state index in [1.54, 1.807) is 0 Å². The first-order valence-electron chi connectivity index (χ1n) is 11.8. The molecule has 1 aliphatic heterocycles. The van der Waals surface area contributed by atoms with Gasteiger partial charge in [0.25, 0.3) is 0 Å². The van der Waals surface area contributed by atoms with Gasteiger partial charge < -0.3 is 9.67 Å². The number of β-amino-alcohol motifs (C(OH)–C–C–N with tert-alkyl or cyclic N) is 1. The predicted octanol–water partition coefficient (Wildman–Crippen LogP) is 5.79. The predicted molar refractivity (Wildman–Crippen MR) is 144 cm³/mol. The average molecular weight is 494 g/mol. The minimum Gasteiger partial charge on any atom is -0.390 e. The Hall–Kier alpha value is -2.34. The molecule has 0 radical (unpaired) electrons. The van der Waals surface area contributed by atoms with Gasteiger partial charge in [-0.3, -0.25) is 9.80 Å². The molecule has 1 aliphatic rings. The number of aromatic nitrogens is 1. The quantitative estimate of drug-likeness (QED) is 0.353. The van der Waals surface area contributed by atoms with Crippen LogP contribution in [0.3, 0.4) is 0 Å². The number of rotatable bonds is 7.